The van der Waals surface area contributed by atoms with E-state index < -0.39 is 0 Å². The van der Waals surface area contributed by atoms with Crippen LogP contribution in [0.25, 0.3) is 0 Å². The predicted molar refractivity (Wildman–Crippen MR) is 22.2 cm³/mol. The lowest BCUT2D eigenvalue weighted by Crippen LogP contribution is -1.95. The Kier molecular flexibility index (Phi) is 1.04. The fourth-order valence-electron chi connectivity index (χ4n) is 0.273. The number of hydrogen-bond acceptors (Lipinski definition) is 4. The normalized spacial score (nSPS) is 9.29. The highest BCUT2D eigenvalue weighted by molar-refractivity contribution is 4.84. The molecule has 0 saturated heterocycles. The van der Waals surface area contributed by atoms with Gasteiger partial charge in [-0.1, -0.05) is 0 Å². The van der Waals surface area contributed by atoms with Gasteiger partial charge >= 0.3 is 0 Å². The van der Waals surface area contributed by atoms with E-state index in [2.05, 4.69) is 14.9 Å². The average Bonchev–Trinajstić information content (AvgIpc) is 2.14. The highest BCUT2D eigenvalue weighted by Gasteiger charge is 1.88. The van der Waals surface area contributed by atoms with Crippen LogP contribution >= 0.6 is 0 Å². The fourth-order valence-corrected chi connectivity index (χ4v) is 0.273. The minimum atomic E-state index is 0.392. The van der Waals surface area contributed by atoms with Crippen LogP contribution < -0.4 is 5.73 Å². The lowest BCUT2D eigenvalue weighted by molar-refractivity contribution is 0.392. The molecule has 38 valence electrons. The molecule has 0 fully saturated rings. The Hall–Kier alpha value is -0.900. The standard InChI is InChI=1S/C3H5N3O/c4-1-3-2-7-6-5-3/h2H,1,4H2. The van der Waals surface area contributed by atoms with E-state index in [9.17, 15) is 0 Å². The lowest BCUT2D eigenvalue weighted by Gasteiger charge is -1.73. The van der Waals surface area contributed by atoms with E-state index in [0.29, 0.717) is 12.2 Å². The summed E-state index contributed by atoms with van der Waals surface area (Å²) in [4.78, 5) is 0. The summed E-state index contributed by atoms with van der Waals surface area (Å²) in [6.45, 7) is 0.392. The monoisotopic (exact) mass is 99.0 g/mol. The van der Waals surface area contributed by atoms with E-state index in [4.69, 9.17) is 5.73 Å². The summed E-state index contributed by atoms with van der Waals surface area (Å²) in [6.07, 6.45) is 1.42. The maximum Gasteiger partial charge on any atom is 0.148 e. The van der Waals surface area contributed by atoms with E-state index in [1.165, 1.54) is 6.26 Å². The van der Waals surface area contributed by atoms with Gasteiger partial charge in [0.05, 0.1) is 0 Å². The van der Waals surface area contributed by atoms with Crippen LogP contribution in [-0.4, -0.2) is 10.4 Å². The second-order valence-electron chi connectivity index (χ2n) is 1.10. The van der Waals surface area contributed by atoms with Crippen molar-refractivity contribution in [2.75, 3.05) is 0 Å². The van der Waals surface area contributed by atoms with E-state index in [1.54, 1.807) is 0 Å². The van der Waals surface area contributed by atoms with Crippen molar-refractivity contribution < 1.29 is 4.52 Å². The Balaban J connectivity index is 2.76. The van der Waals surface area contributed by atoms with Gasteiger partial charge in [0.25, 0.3) is 0 Å². The van der Waals surface area contributed by atoms with Crippen molar-refractivity contribution in [2.24, 2.45) is 5.73 Å². The lowest BCUT2D eigenvalue weighted by atomic mass is 10.5. The molecule has 1 aromatic rings. The second-order valence-corrected chi connectivity index (χ2v) is 1.10. The van der Waals surface area contributed by atoms with Gasteiger partial charge in [-0.2, -0.15) is 0 Å². The molecule has 0 unspecified atom stereocenters. The molecule has 0 aliphatic carbocycles. The molecule has 0 atom stereocenters. The number of nitrogens with zero attached hydrogens (tertiary/aromatic N) is 2. The van der Waals surface area contributed by atoms with E-state index in [-0.39, 0.29) is 0 Å². The topological polar surface area (TPSA) is 64.9 Å². The van der Waals surface area contributed by atoms with E-state index in [0.717, 1.165) is 0 Å². The zero-order valence-electron chi connectivity index (χ0n) is 3.66. The minimum absolute atomic E-state index is 0.392. The molecule has 1 rings (SSSR count). The SMILES string of the molecule is NCc1conn1. The number of rotatable bonds is 1. The molecule has 4 nitrogen and oxygen atoms in total. The third-order valence-electron chi connectivity index (χ3n) is 0.614. The molecule has 0 amide bonds. The predicted octanol–water partition coefficient (Wildman–Crippen LogP) is -0.472. The third-order valence-corrected chi connectivity index (χ3v) is 0.614. The molecule has 1 aromatic heterocycles. The summed E-state index contributed by atoms with van der Waals surface area (Å²) < 4.78 is 4.36. The first-order valence-corrected chi connectivity index (χ1v) is 1.89. The Morgan fingerprint density at radius 1 is 1.86 bits per heavy atom. The first kappa shape index (κ1) is 4.26. The quantitative estimate of drug-likeness (QED) is 0.516. The molecule has 0 radical (unpaired) electrons. The van der Waals surface area contributed by atoms with Crippen LogP contribution in [0, 0.1) is 0 Å². The van der Waals surface area contributed by atoms with Gasteiger partial charge in [0, 0.05) is 11.8 Å². The van der Waals surface area contributed by atoms with Crippen molar-refractivity contribution in [1.82, 2.24) is 10.4 Å². The van der Waals surface area contributed by atoms with Gasteiger partial charge in [0.2, 0.25) is 0 Å². The van der Waals surface area contributed by atoms with Gasteiger partial charge in [0.15, 0.2) is 0 Å². The van der Waals surface area contributed by atoms with Crippen LogP contribution in [0.1, 0.15) is 5.69 Å². The average molecular weight is 99.1 g/mol. The first-order chi connectivity index (χ1) is 3.43. The number of hydrogen-bond donors (Lipinski definition) is 1. The molecule has 2 N–H and O–H groups in total. The van der Waals surface area contributed by atoms with Crippen molar-refractivity contribution in [3.8, 4) is 0 Å². The van der Waals surface area contributed by atoms with Crippen molar-refractivity contribution >= 4 is 0 Å². The van der Waals surface area contributed by atoms with E-state index in [1.807, 2.05) is 0 Å². The van der Waals surface area contributed by atoms with Gasteiger partial charge in [-0.15, -0.1) is 5.10 Å². The molecule has 0 saturated carbocycles. The van der Waals surface area contributed by atoms with Crippen molar-refractivity contribution in [2.45, 2.75) is 6.54 Å². The smallest absolute Gasteiger partial charge is 0.148 e. The molecule has 0 spiro atoms. The number of aromatic nitrogens is 2. The summed E-state index contributed by atoms with van der Waals surface area (Å²) in [5, 5.41) is 6.68. The highest BCUT2D eigenvalue weighted by Crippen LogP contribution is 1.84. The largest absolute Gasteiger partial charge is 0.345 e. The summed E-state index contributed by atoms with van der Waals surface area (Å²) in [7, 11) is 0. The van der Waals surface area contributed by atoms with Gasteiger partial charge in [-0.05, 0) is 0 Å². The third kappa shape index (κ3) is 0.747. The summed E-state index contributed by atoms with van der Waals surface area (Å²) in [5.41, 5.74) is 5.81. The summed E-state index contributed by atoms with van der Waals surface area (Å²) >= 11 is 0. The molecule has 1 heterocycles. The summed E-state index contributed by atoms with van der Waals surface area (Å²) in [5.74, 6) is 0. The van der Waals surface area contributed by atoms with Crippen molar-refractivity contribution in [3.05, 3.63) is 12.0 Å². The van der Waals surface area contributed by atoms with Crippen LogP contribution in [0.15, 0.2) is 10.8 Å². The minimum Gasteiger partial charge on any atom is -0.345 e. The van der Waals surface area contributed by atoms with Gasteiger partial charge in [-0.3, -0.25) is 0 Å². The maximum atomic E-state index is 5.13. The molecular formula is C3H5N3O. The molecular weight excluding hydrogens is 94.1 g/mol. The molecule has 0 aromatic carbocycles. The Morgan fingerprint density at radius 2 is 2.71 bits per heavy atom. The van der Waals surface area contributed by atoms with Gasteiger partial charge in [0.1, 0.15) is 12.0 Å². The van der Waals surface area contributed by atoms with Crippen molar-refractivity contribution in [3.63, 3.8) is 0 Å². The molecule has 4 heteroatoms. The van der Waals surface area contributed by atoms with Crippen LogP contribution in [0.4, 0.5) is 0 Å². The van der Waals surface area contributed by atoms with Crippen LogP contribution in [0.5, 0.6) is 0 Å². The Bertz CT molecular complexity index is 125. The van der Waals surface area contributed by atoms with Crippen LogP contribution in [0.2, 0.25) is 0 Å². The van der Waals surface area contributed by atoms with Gasteiger partial charge < -0.3 is 10.3 Å². The molecule has 7 heavy (non-hydrogen) atoms. The molecule has 0 bridgehead atoms. The zero-order valence-corrected chi connectivity index (χ0v) is 3.66. The highest BCUT2D eigenvalue weighted by atomic mass is 16.5. The van der Waals surface area contributed by atoms with Crippen LogP contribution in [-0.2, 0) is 6.54 Å². The Labute approximate surface area is 40.3 Å². The van der Waals surface area contributed by atoms with Gasteiger partial charge in [-0.25, -0.2) is 0 Å². The first-order valence-electron chi connectivity index (χ1n) is 1.89. The number of nitrogens with two attached hydrogens (primary N) is 1. The maximum absolute atomic E-state index is 5.13. The summed E-state index contributed by atoms with van der Waals surface area (Å²) in [6, 6.07) is 0. The Morgan fingerprint density at radius 3 is 3.00 bits per heavy atom. The molecule has 0 aliphatic rings. The van der Waals surface area contributed by atoms with Crippen molar-refractivity contribution in [1.29, 1.82) is 0 Å². The second kappa shape index (κ2) is 1.70. The van der Waals surface area contributed by atoms with Crippen LogP contribution in [0.3, 0.4) is 0 Å². The fraction of sp³-hybridized carbons (Fsp3) is 0.333. The zero-order chi connectivity index (χ0) is 5.11. The molecule has 0 aliphatic heterocycles. The van der Waals surface area contributed by atoms with E-state index >= 15 is 0 Å².